The van der Waals surface area contributed by atoms with Crippen LogP contribution in [0, 0.1) is 0 Å². The number of hydrogen-bond donors (Lipinski definition) is 1. The predicted octanol–water partition coefficient (Wildman–Crippen LogP) is -0.336. The molecule has 3 nitrogen and oxygen atoms in total. The average Bonchev–Trinajstić information content (AvgIpc) is 2.33. The maximum absolute atomic E-state index is 5.51. The molecule has 2 atom stereocenters. The quantitative estimate of drug-likeness (QED) is 0.576. The summed E-state index contributed by atoms with van der Waals surface area (Å²) in [6.07, 6.45) is 1.38. The lowest BCUT2D eigenvalue weighted by molar-refractivity contribution is 0.0834. The van der Waals surface area contributed by atoms with E-state index < -0.39 is 0 Å². The third-order valence-electron chi connectivity index (χ3n) is 2.07. The van der Waals surface area contributed by atoms with Crippen LogP contribution >= 0.6 is 0 Å². The Kier molecular flexibility index (Phi) is 2.65. The van der Waals surface area contributed by atoms with Gasteiger partial charge in [0, 0.05) is 19.2 Å². The molecule has 2 N–H and O–H groups in total. The van der Waals surface area contributed by atoms with Crippen molar-refractivity contribution in [1.29, 1.82) is 0 Å². The van der Waals surface area contributed by atoms with Gasteiger partial charge in [-0.2, -0.15) is 0 Å². The number of rotatable bonds is 2. The van der Waals surface area contributed by atoms with Gasteiger partial charge in [0.1, 0.15) is 0 Å². The molecule has 1 heterocycles. The van der Waals surface area contributed by atoms with Crippen LogP contribution in [-0.4, -0.2) is 44.3 Å². The fraction of sp³-hybridized carbons (Fsp3) is 1.00. The average molecular weight is 144 g/mol. The Labute approximate surface area is 62.1 Å². The highest BCUT2D eigenvalue weighted by Gasteiger charge is 2.28. The lowest BCUT2D eigenvalue weighted by Crippen LogP contribution is -2.39. The molecule has 1 aliphatic rings. The van der Waals surface area contributed by atoms with Crippen LogP contribution in [0.2, 0.25) is 0 Å². The van der Waals surface area contributed by atoms with E-state index in [1.807, 2.05) is 0 Å². The van der Waals surface area contributed by atoms with E-state index in [1.54, 1.807) is 0 Å². The minimum absolute atomic E-state index is 0.259. The molecule has 3 heteroatoms. The molecule has 0 aromatic rings. The lowest BCUT2D eigenvalue weighted by Gasteiger charge is -2.23. The molecule has 0 radical (unpaired) electrons. The van der Waals surface area contributed by atoms with Gasteiger partial charge in [0.05, 0.1) is 6.10 Å². The van der Waals surface area contributed by atoms with E-state index in [2.05, 4.69) is 19.0 Å². The molecule has 0 saturated carbocycles. The third kappa shape index (κ3) is 1.48. The largest absolute Gasteiger partial charge is 0.375 e. The number of nitrogens with two attached hydrogens (primary N) is 1. The molecule has 0 aromatic heterocycles. The Morgan fingerprint density at radius 1 is 1.60 bits per heavy atom. The molecule has 0 amide bonds. The first-order valence-corrected chi connectivity index (χ1v) is 3.74. The maximum atomic E-state index is 5.51. The van der Waals surface area contributed by atoms with Crippen LogP contribution in [0.4, 0.5) is 0 Å². The van der Waals surface area contributed by atoms with E-state index >= 15 is 0 Å². The second kappa shape index (κ2) is 3.32. The predicted molar refractivity (Wildman–Crippen MR) is 40.9 cm³/mol. The second-order valence-electron chi connectivity index (χ2n) is 2.96. The monoisotopic (exact) mass is 144 g/mol. The Hall–Kier alpha value is -0.120. The molecule has 2 unspecified atom stereocenters. The van der Waals surface area contributed by atoms with E-state index in [9.17, 15) is 0 Å². The van der Waals surface area contributed by atoms with Gasteiger partial charge in [-0.3, -0.25) is 0 Å². The summed E-state index contributed by atoms with van der Waals surface area (Å²) in [7, 11) is 4.14. The fourth-order valence-corrected chi connectivity index (χ4v) is 1.45. The van der Waals surface area contributed by atoms with Crippen LogP contribution in [0.15, 0.2) is 0 Å². The molecular weight excluding hydrogens is 128 g/mol. The molecule has 0 aromatic carbocycles. The van der Waals surface area contributed by atoms with Crippen molar-refractivity contribution < 1.29 is 4.74 Å². The zero-order chi connectivity index (χ0) is 7.56. The smallest absolute Gasteiger partial charge is 0.0852 e. The minimum Gasteiger partial charge on any atom is -0.375 e. The number of nitrogens with zero attached hydrogens (tertiary/aromatic N) is 1. The number of ether oxygens (including phenoxy) is 1. The summed E-state index contributed by atoms with van der Waals surface area (Å²) in [5.41, 5.74) is 5.51. The molecule has 60 valence electrons. The van der Waals surface area contributed by atoms with Crippen LogP contribution in [0.3, 0.4) is 0 Å². The first-order valence-electron chi connectivity index (χ1n) is 3.74. The highest BCUT2D eigenvalue weighted by molar-refractivity contribution is 4.82. The van der Waals surface area contributed by atoms with Gasteiger partial charge >= 0.3 is 0 Å². The van der Waals surface area contributed by atoms with Crippen LogP contribution in [0.1, 0.15) is 6.42 Å². The van der Waals surface area contributed by atoms with Crippen molar-refractivity contribution in [1.82, 2.24) is 4.90 Å². The zero-order valence-electron chi connectivity index (χ0n) is 6.71. The Morgan fingerprint density at radius 3 is 2.70 bits per heavy atom. The number of hydrogen-bond acceptors (Lipinski definition) is 3. The van der Waals surface area contributed by atoms with Crippen LogP contribution in [0.5, 0.6) is 0 Å². The van der Waals surface area contributed by atoms with Crippen molar-refractivity contribution in [2.45, 2.75) is 18.6 Å². The van der Waals surface area contributed by atoms with Crippen molar-refractivity contribution in [3.05, 3.63) is 0 Å². The van der Waals surface area contributed by atoms with Crippen LogP contribution in [-0.2, 0) is 4.74 Å². The van der Waals surface area contributed by atoms with Gasteiger partial charge in [-0.25, -0.2) is 0 Å². The lowest BCUT2D eigenvalue weighted by atomic mass is 10.1. The first-order chi connectivity index (χ1) is 4.75. The van der Waals surface area contributed by atoms with E-state index in [-0.39, 0.29) is 6.10 Å². The molecule has 1 saturated heterocycles. The Balaban J connectivity index is 2.42. The first kappa shape index (κ1) is 7.98. The standard InChI is InChI=1S/C7H16N2O/c1-9(2)6-3-4-10-7(6)5-8/h6-7H,3-5,8H2,1-2H3. The summed E-state index contributed by atoms with van der Waals surface area (Å²) < 4.78 is 5.41. The van der Waals surface area contributed by atoms with Gasteiger partial charge < -0.3 is 15.4 Å². The molecule has 1 rings (SSSR count). The Bertz CT molecular complexity index is 106. The molecule has 0 spiro atoms. The van der Waals surface area contributed by atoms with E-state index in [4.69, 9.17) is 10.5 Å². The molecule has 1 aliphatic heterocycles. The molecule has 0 bridgehead atoms. The summed E-state index contributed by atoms with van der Waals surface area (Å²) in [5.74, 6) is 0. The van der Waals surface area contributed by atoms with Gasteiger partial charge in [-0.1, -0.05) is 0 Å². The summed E-state index contributed by atoms with van der Waals surface area (Å²) in [6, 6.07) is 0.532. The van der Waals surface area contributed by atoms with Gasteiger partial charge in [-0.05, 0) is 20.5 Å². The van der Waals surface area contributed by atoms with Gasteiger partial charge in [-0.15, -0.1) is 0 Å². The highest BCUT2D eigenvalue weighted by atomic mass is 16.5. The summed E-state index contributed by atoms with van der Waals surface area (Å²) >= 11 is 0. The normalized spacial score (nSPS) is 33.6. The zero-order valence-corrected chi connectivity index (χ0v) is 6.71. The second-order valence-corrected chi connectivity index (χ2v) is 2.96. The summed E-state index contributed by atoms with van der Waals surface area (Å²) in [5, 5.41) is 0. The minimum atomic E-state index is 0.259. The SMILES string of the molecule is CN(C)C1CCOC1CN. The highest BCUT2D eigenvalue weighted by Crippen LogP contribution is 2.15. The van der Waals surface area contributed by atoms with Gasteiger partial charge in [0.15, 0.2) is 0 Å². The third-order valence-corrected chi connectivity index (χ3v) is 2.07. The van der Waals surface area contributed by atoms with Crippen molar-refractivity contribution in [2.24, 2.45) is 5.73 Å². The van der Waals surface area contributed by atoms with Crippen molar-refractivity contribution in [3.63, 3.8) is 0 Å². The van der Waals surface area contributed by atoms with Crippen molar-refractivity contribution in [2.75, 3.05) is 27.2 Å². The fourth-order valence-electron chi connectivity index (χ4n) is 1.45. The number of likely N-dealkylation sites (N-methyl/N-ethyl adjacent to an activating group) is 1. The van der Waals surface area contributed by atoms with Gasteiger partial charge in [0.2, 0.25) is 0 Å². The van der Waals surface area contributed by atoms with E-state index in [0.717, 1.165) is 13.0 Å². The van der Waals surface area contributed by atoms with Crippen molar-refractivity contribution >= 4 is 0 Å². The van der Waals surface area contributed by atoms with Crippen LogP contribution in [0.25, 0.3) is 0 Å². The Morgan fingerprint density at radius 2 is 2.30 bits per heavy atom. The van der Waals surface area contributed by atoms with Crippen LogP contribution < -0.4 is 5.73 Å². The molecular formula is C7H16N2O. The topological polar surface area (TPSA) is 38.5 Å². The van der Waals surface area contributed by atoms with Crippen molar-refractivity contribution in [3.8, 4) is 0 Å². The van der Waals surface area contributed by atoms with Gasteiger partial charge in [0.25, 0.3) is 0 Å². The van der Waals surface area contributed by atoms with E-state index in [0.29, 0.717) is 12.6 Å². The summed E-state index contributed by atoms with van der Waals surface area (Å²) in [4.78, 5) is 2.19. The maximum Gasteiger partial charge on any atom is 0.0852 e. The molecule has 0 aliphatic carbocycles. The molecule has 10 heavy (non-hydrogen) atoms. The molecule has 1 fully saturated rings. The summed E-state index contributed by atoms with van der Waals surface area (Å²) in [6.45, 7) is 1.51. The van der Waals surface area contributed by atoms with E-state index in [1.165, 1.54) is 0 Å².